The molecule has 0 spiro atoms. The molecule has 25 heavy (non-hydrogen) atoms. The number of halogens is 1. The molecule has 0 saturated carbocycles. The molecule has 4 aromatic heterocycles. The van der Waals surface area contributed by atoms with Gasteiger partial charge in [-0.3, -0.25) is 9.67 Å². The van der Waals surface area contributed by atoms with E-state index in [1.807, 2.05) is 42.1 Å². The average Bonchev–Trinajstić information content (AvgIpc) is 3.21. The molecule has 0 fully saturated rings. The van der Waals surface area contributed by atoms with Gasteiger partial charge in [0.25, 0.3) is 0 Å². The van der Waals surface area contributed by atoms with Gasteiger partial charge in [0.05, 0.1) is 10.3 Å². The Morgan fingerprint density at radius 2 is 1.96 bits per heavy atom. The molecule has 4 aromatic rings. The molecule has 0 saturated heterocycles. The summed E-state index contributed by atoms with van der Waals surface area (Å²) in [5.74, 6) is 0.540. The maximum Gasteiger partial charge on any atom is 0.180 e. The zero-order chi connectivity index (χ0) is 17.6. The molecule has 4 rings (SSSR count). The van der Waals surface area contributed by atoms with Crippen LogP contribution < -0.4 is 0 Å². The molecule has 0 aliphatic carbocycles. The predicted octanol–water partition coefficient (Wildman–Crippen LogP) is 5.16. The van der Waals surface area contributed by atoms with Crippen LogP contribution in [-0.2, 0) is 0 Å². The molecule has 0 aliphatic heterocycles. The average molecular weight is 370 g/mol. The van der Waals surface area contributed by atoms with E-state index in [1.54, 1.807) is 17.5 Å². The van der Waals surface area contributed by atoms with Crippen LogP contribution in [0.3, 0.4) is 0 Å². The molecule has 0 amide bonds. The number of hydrogen-bond donors (Lipinski definition) is 0. The van der Waals surface area contributed by atoms with Crippen LogP contribution in [0.25, 0.3) is 32.3 Å². The summed E-state index contributed by atoms with van der Waals surface area (Å²) in [5, 5.41) is 6.01. The highest BCUT2D eigenvalue weighted by Crippen LogP contribution is 2.39. The molecule has 0 N–H and O–H groups in total. The Labute approximate surface area is 154 Å². The molecule has 0 bridgehead atoms. The Bertz CT molecular complexity index is 1050. The highest BCUT2D eigenvalue weighted by molar-refractivity contribution is 7.22. The van der Waals surface area contributed by atoms with Crippen molar-refractivity contribution in [3.63, 3.8) is 0 Å². The van der Waals surface area contributed by atoms with Crippen molar-refractivity contribution in [3.05, 3.63) is 47.4 Å². The fourth-order valence-corrected chi connectivity index (χ4v) is 4.20. The van der Waals surface area contributed by atoms with Crippen LogP contribution in [0, 0.1) is 6.92 Å². The lowest BCUT2D eigenvalue weighted by atomic mass is 10.2. The monoisotopic (exact) mass is 369 g/mol. The predicted molar refractivity (Wildman–Crippen MR) is 102 cm³/mol. The fourth-order valence-electron chi connectivity index (χ4n) is 2.69. The second kappa shape index (κ2) is 6.20. The Morgan fingerprint density at radius 1 is 1.12 bits per heavy atom. The number of rotatable bonds is 3. The summed E-state index contributed by atoms with van der Waals surface area (Å²) >= 11 is 8.06. The molecule has 7 heteroatoms. The van der Waals surface area contributed by atoms with E-state index >= 15 is 0 Å². The number of pyridine rings is 1. The number of thiophene rings is 1. The van der Waals surface area contributed by atoms with E-state index in [0.717, 1.165) is 26.4 Å². The largest absolute Gasteiger partial charge is 0.270 e. The van der Waals surface area contributed by atoms with Crippen molar-refractivity contribution in [2.24, 2.45) is 0 Å². The van der Waals surface area contributed by atoms with Crippen molar-refractivity contribution in [1.82, 2.24) is 24.7 Å². The molecule has 0 atom stereocenters. The van der Waals surface area contributed by atoms with E-state index in [4.69, 9.17) is 11.6 Å². The second-order valence-electron chi connectivity index (χ2n) is 6.06. The summed E-state index contributed by atoms with van der Waals surface area (Å²) < 4.78 is 1.95. The van der Waals surface area contributed by atoms with Gasteiger partial charge < -0.3 is 0 Å². The van der Waals surface area contributed by atoms with Crippen LogP contribution >= 0.6 is 22.9 Å². The number of hydrogen-bond acceptors (Lipinski definition) is 5. The molecular weight excluding hydrogens is 354 g/mol. The second-order valence-corrected chi connectivity index (χ2v) is 7.42. The van der Waals surface area contributed by atoms with Crippen LogP contribution in [0.2, 0.25) is 5.15 Å². The van der Waals surface area contributed by atoms with Gasteiger partial charge in [0, 0.05) is 18.4 Å². The number of aryl methyl sites for hydroxylation is 1. The zero-order valence-electron chi connectivity index (χ0n) is 14.1. The first-order chi connectivity index (χ1) is 12.0. The van der Waals surface area contributed by atoms with Gasteiger partial charge in [-0.15, -0.1) is 11.3 Å². The van der Waals surface area contributed by atoms with E-state index in [-0.39, 0.29) is 0 Å². The van der Waals surface area contributed by atoms with Crippen molar-refractivity contribution in [1.29, 1.82) is 0 Å². The van der Waals surface area contributed by atoms with Gasteiger partial charge in [0.2, 0.25) is 0 Å². The fraction of sp³-hybridized carbons (Fsp3) is 0.222. The smallest absolute Gasteiger partial charge is 0.180 e. The summed E-state index contributed by atoms with van der Waals surface area (Å²) in [6, 6.07) is 8.00. The first-order valence-electron chi connectivity index (χ1n) is 7.98. The number of aromatic nitrogens is 5. The Hall–Kier alpha value is -2.31. The van der Waals surface area contributed by atoms with Gasteiger partial charge in [0.15, 0.2) is 5.82 Å². The minimum Gasteiger partial charge on any atom is -0.270 e. The summed E-state index contributed by atoms with van der Waals surface area (Å²) in [6.45, 7) is 6.25. The normalized spacial score (nSPS) is 11.6. The SMILES string of the molecule is Cc1c(-c2ccn(C(C)C)n2)sc2nc(-c3ccccn3)nc(Cl)c12. The van der Waals surface area contributed by atoms with Crippen LogP contribution in [0.5, 0.6) is 0 Å². The maximum atomic E-state index is 6.48. The van der Waals surface area contributed by atoms with Crippen molar-refractivity contribution >= 4 is 33.2 Å². The van der Waals surface area contributed by atoms with Crippen molar-refractivity contribution in [3.8, 4) is 22.1 Å². The molecule has 4 heterocycles. The Morgan fingerprint density at radius 3 is 2.64 bits per heavy atom. The van der Waals surface area contributed by atoms with E-state index < -0.39 is 0 Å². The quantitative estimate of drug-likeness (QED) is 0.468. The molecule has 0 unspecified atom stereocenters. The van der Waals surface area contributed by atoms with Crippen molar-refractivity contribution in [2.75, 3.05) is 0 Å². The van der Waals surface area contributed by atoms with Gasteiger partial charge in [0.1, 0.15) is 21.4 Å². The minimum absolute atomic E-state index is 0.322. The van der Waals surface area contributed by atoms with Crippen molar-refractivity contribution in [2.45, 2.75) is 26.8 Å². The van der Waals surface area contributed by atoms with E-state index in [0.29, 0.717) is 22.7 Å². The lowest BCUT2D eigenvalue weighted by Gasteiger charge is -2.03. The third kappa shape index (κ3) is 2.81. The highest BCUT2D eigenvalue weighted by atomic mass is 35.5. The summed E-state index contributed by atoms with van der Waals surface area (Å²) in [6.07, 6.45) is 3.72. The number of nitrogens with zero attached hydrogens (tertiary/aromatic N) is 5. The minimum atomic E-state index is 0.322. The first-order valence-corrected chi connectivity index (χ1v) is 9.17. The van der Waals surface area contributed by atoms with E-state index in [1.165, 1.54) is 0 Å². The molecular formula is C18H16ClN5S. The van der Waals surface area contributed by atoms with Crippen LogP contribution in [-0.4, -0.2) is 24.7 Å². The van der Waals surface area contributed by atoms with Gasteiger partial charge in [-0.2, -0.15) is 5.10 Å². The Balaban J connectivity index is 1.88. The maximum absolute atomic E-state index is 6.48. The third-order valence-corrected chi connectivity index (χ3v) is 5.49. The van der Waals surface area contributed by atoms with Gasteiger partial charge in [-0.05, 0) is 44.5 Å². The molecule has 126 valence electrons. The lowest BCUT2D eigenvalue weighted by Crippen LogP contribution is -2.00. The lowest BCUT2D eigenvalue weighted by molar-refractivity contribution is 0.534. The van der Waals surface area contributed by atoms with Crippen LogP contribution in [0.15, 0.2) is 36.7 Å². The standard InChI is InChI=1S/C18H16ClN5S/c1-10(2)24-9-7-12(23-24)15-11(3)14-16(19)21-17(22-18(14)25-15)13-6-4-5-8-20-13/h4-10H,1-3H3. The molecule has 0 aliphatic rings. The van der Waals surface area contributed by atoms with Crippen molar-refractivity contribution < 1.29 is 0 Å². The summed E-state index contributed by atoms with van der Waals surface area (Å²) in [5.41, 5.74) is 2.71. The van der Waals surface area contributed by atoms with Gasteiger partial charge >= 0.3 is 0 Å². The third-order valence-electron chi connectivity index (χ3n) is 4.01. The van der Waals surface area contributed by atoms with E-state index in [9.17, 15) is 0 Å². The molecule has 0 aromatic carbocycles. The highest BCUT2D eigenvalue weighted by Gasteiger charge is 2.19. The first kappa shape index (κ1) is 16.2. The number of fused-ring (bicyclic) bond motifs is 1. The van der Waals surface area contributed by atoms with Crippen LogP contribution in [0.1, 0.15) is 25.5 Å². The van der Waals surface area contributed by atoms with Crippen LogP contribution in [0.4, 0.5) is 0 Å². The zero-order valence-corrected chi connectivity index (χ0v) is 15.6. The van der Waals surface area contributed by atoms with Gasteiger partial charge in [-0.25, -0.2) is 9.97 Å². The Kier molecular flexibility index (Phi) is 4.01. The molecule has 5 nitrogen and oxygen atoms in total. The van der Waals surface area contributed by atoms with E-state index in [2.05, 4.69) is 33.9 Å². The topological polar surface area (TPSA) is 56.5 Å². The molecule has 0 radical (unpaired) electrons. The summed E-state index contributed by atoms with van der Waals surface area (Å²) in [4.78, 5) is 15.4. The van der Waals surface area contributed by atoms with Gasteiger partial charge in [-0.1, -0.05) is 17.7 Å². The summed E-state index contributed by atoms with van der Waals surface area (Å²) in [7, 11) is 0.